The average Bonchev–Trinajstić information content (AvgIpc) is 3.23. The predicted molar refractivity (Wildman–Crippen MR) is 123 cm³/mol. The van der Waals surface area contributed by atoms with Crippen molar-refractivity contribution in [1.82, 2.24) is 4.98 Å². The van der Waals surface area contributed by atoms with Crippen LogP contribution < -0.4 is 19.5 Å². The molecule has 0 aliphatic heterocycles. The molecule has 0 fully saturated rings. The number of nitrogens with one attached hydrogen (secondary N) is 1. The van der Waals surface area contributed by atoms with E-state index in [2.05, 4.69) is 10.3 Å². The molecule has 0 aliphatic rings. The number of aromatic nitrogens is 1. The molecule has 3 aromatic carbocycles. The maximum absolute atomic E-state index is 12.9. The van der Waals surface area contributed by atoms with Gasteiger partial charge in [-0.25, -0.2) is 4.98 Å². The van der Waals surface area contributed by atoms with Gasteiger partial charge in [0.2, 0.25) is 5.89 Å². The highest BCUT2D eigenvalue weighted by atomic mass is 16.5. The number of rotatable bonds is 8. The number of benzene rings is 3. The lowest BCUT2D eigenvalue weighted by atomic mass is 10.1. The van der Waals surface area contributed by atoms with Crippen LogP contribution in [0.5, 0.6) is 17.2 Å². The highest BCUT2D eigenvalue weighted by Crippen LogP contribution is 2.29. The minimum absolute atomic E-state index is 0.275. The monoisotopic (exact) mass is 432 g/mol. The molecule has 0 atom stereocenters. The minimum atomic E-state index is -0.275. The zero-order chi connectivity index (χ0) is 22.5. The highest BCUT2D eigenvalue weighted by molar-refractivity contribution is 6.05. The SMILES string of the molecule is CCOc1cc(OCC)cc(C(=O)Nc2ccc3oc(-c4cccc(OC)c4)nc3c2)c1. The summed E-state index contributed by atoms with van der Waals surface area (Å²) in [6, 6.07) is 18.0. The van der Waals surface area contributed by atoms with Gasteiger partial charge in [-0.1, -0.05) is 6.07 Å². The molecule has 1 N–H and O–H groups in total. The quantitative estimate of drug-likeness (QED) is 0.393. The third kappa shape index (κ3) is 4.67. The standard InChI is InChI=1S/C25H24N2O5/c1-4-30-20-12-17(13-21(15-20)31-5-2)24(28)26-18-9-10-23-22(14-18)27-25(32-23)16-7-6-8-19(11-16)29-3/h6-15H,4-5H2,1-3H3,(H,26,28). The first-order valence-corrected chi connectivity index (χ1v) is 10.4. The van der Waals surface area contributed by atoms with Crippen molar-refractivity contribution in [2.45, 2.75) is 13.8 Å². The number of ether oxygens (including phenoxy) is 3. The van der Waals surface area contributed by atoms with Gasteiger partial charge >= 0.3 is 0 Å². The topological polar surface area (TPSA) is 82.8 Å². The van der Waals surface area contributed by atoms with Gasteiger partial charge in [0.25, 0.3) is 5.91 Å². The predicted octanol–water partition coefficient (Wildman–Crippen LogP) is 5.55. The van der Waals surface area contributed by atoms with Crippen molar-refractivity contribution in [3.8, 4) is 28.7 Å². The van der Waals surface area contributed by atoms with Crippen LogP contribution in [0.2, 0.25) is 0 Å². The number of anilines is 1. The number of hydrogen-bond donors (Lipinski definition) is 1. The number of fused-ring (bicyclic) bond motifs is 1. The number of amides is 1. The van der Waals surface area contributed by atoms with Gasteiger partial charge in [0, 0.05) is 22.9 Å². The van der Waals surface area contributed by atoms with Gasteiger partial charge in [0.05, 0.1) is 20.3 Å². The van der Waals surface area contributed by atoms with Crippen molar-refractivity contribution >= 4 is 22.7 Å². The smallest absolute Gasteiger partial charge is 0.255 e. The van der Waals surface area contributed by atoms with E-state index in [0.717, 1.165) is 11.3 Å². The Morgan fingerprint density at radius 2 is 1.69 bits per heavy atom. The van der Waals surface area contributed by atoms with Gasteiger partial charge < -0.3 is 23.9 Å². The summed E-state index contributed by atoms with van der Waals surface area (Å²) < 4.78 is 22.3. The molecule has 1 aromatic heterocycles. The van der Waals surface area contributed by atoms with Gasteiger partial charge in [-0.2, -0.15) is 0 Å². The van der Waals surface area contributed by atoms with Gasteiger partial charge in [0.1, 0.15) is 22.8 Å². The van der Waals surface area contributed by atoms with Gasteiger partial charge in [-0.15, -0.1) is 0 Å². The molecule has 0 saturated heterocycles. The van der Waals surface area contributed by atoms with Crippen LogP contribution in [-0.2, 0) is 0 Å². The number of carbonyl (C=O) groups is 1. The molecule has 7 nitrogen and oxygen atoms in total. The number of oxazole rings is 1. The second-order valence-corrected chi connectivity index (χ2v) is 6.95. The summed E-state index contributed by atoms with van der Waals surface area (Å²) in [5.74, 6) is 2.09. The normalized spacial score (nSPS) is 10.7. The Balaban J connectivity index is 1.58. The lowest BCUT2D eigenvalue weighted by Gasteiger charge is -2.11. The fraction of sp³-hybridized carbons (Fsp3) is 0.200. The number of nitrogens with zero attached hydrogens (tertiary/aromatic N) is 1. The van der Waals surface area contributed by atoms with Crippen molar-refractivity contribution in [2.24, 2.45) is 0 Å². The lowest BCUT2D eigenvalue weighted by molar-refractivity contribution is 0.102. The van der Waals surface area contributed by atoms with Crippen molar-refractivity contribution in [2.75, 3.05) is 25.6 Å². The summed E-state index contributed by atoms with van der Waals surface area (Å²) in [5, 5.41) is 2.90. The van der Waals surface area contributed by atoms with Crippen LogP contribution in [0.4, 0.5) is 5.69 Å². The van der Waals surface area contributed by atoms with E-state index in [4.69, 9.17) is 18.6 Å². The van der Waals surface area contributed by atoms with Crippen LogP contribution in [0.1, 0.15) is 24.2 Å². The molecule has 0 unspecified atom stereocenters. The molecule has 164 valence electrons. The molecule has 32 heavy (non-hydrogen) atoms. The van der Waals surface area contributed by atoms with Crippen LogP contribution in [0.25, 0.3) is 22.6 Å². The first kappa shape index (κ1) is 21.2. The molecule has 0 radical (unpaired) electrons. The molecule has 0 bridgehead atoms. The van der Waals surface area contributed by atoms with E-state index in [1.165, 1.54) is 0 Å². The Morgan fingerprint density at radius 3 is 2.38 bits per heavy atom. The summed E-state index contributed by atoms with van der Waals surface area (Å²) in [6.45, 7) is 4.77. The van der Waals surface area contributed by atoms with Crippen molar-refractivity contribution in [1.29, 1.82) is 0 Å². The van der Waals surface area contributed by atoms with Crippen molar-refractivity contribution < 1.29 is 23.4 Å². The minimum Gasteiger partial charge on any atom is -0.497 e. The molecule has 4 aromatic rings. The summed E-state index contributed by atoms with van der Waals surface area (Å²) in [4.78, 5) is 17.4. The molecule has 7 heteroatoms. The van der Waals surface area contributed by atoms with Crippen molar-refractivity contribution in [3.63, 3.8) is 0 Å². The maximum Gasteiger partial charge on any atom is 0.255 e. The van der Waals surface area contributed by atoms with Crippen LogP contribution in [0, 0.1) is 0 Å². The van der Waals surface area contributed by atoms with Crippen LogP contribution in [0.3, 0.4) is 0 Å². The molecule has 1 heterocycles. The number of carbonyl (C=O) groups excluding carboxylic acids is 1. The average molecular weight is 432 g/mol. The second-order valence-electron chi connectivity index (χ2n) is 6.95. The van der Waals surface area contributed by atoms with E-state index in [-0.39, 0.29) is 5.91 Å². The first-order valence-electron chi connectivity index (χ1n) is 10.4. The third-order valence-electron chi connectivity index (χ3n) is 4.73. The van der Waals surface area contributed by atoms with Crippen LogP contribution in [-0.4, -0.2) is 31.2 Å². The van der Waals surface area contributed by atoms with Crippen LogP contribution >= 0.6 is 0 Å². The molecular weight excluding hydrogens is 408 g/mol. The highest BCUT2D eigenvalue weighted by Gasteiger charge is 2.13. The summed E-state index contributed by atoms with van der Waals surface area (Å²) >= 11 is 0. The fourth-order valence-corrected chi connectivity index (χ4v) is 3.29. The summed E-state index contributed by atoms with van der Waals surface area (Å²) in [5.41, 5.74) is 3.11. The van der Waals surface area contributed by atoms with E-state index in [1.54, 1.807) is 43.5 Å². The molecule has 0 aliphatic carbocycles. The summed E-state index contributed by atoms with van der Waals surface area (Å²) in [6.07, 6.45) is 0. The lowest BCUT2D eigenvalue weighted by Crippen LogP contribution is -2.12. The largest absolute Gasteiger partial charge is 0.497 e. The van der Waals surface area contributed by atoms with E-state index in [1.807, 2.05) is 38.1 Å². The second kappa shape index (κ2) is 9.43. The maximum atomic E-state index is 12.9. The Morgan fingerprint density at radius 1 is 0.938 bits per heavy atom. The third-order valence-corrected chi connectivity index (χ3v) is 4.73. The Hall–Kier alpha value is -4.00. The van der Waals surface area contributed by atoms with Gasteiger partial charge in [-0.05, 0) is 62.4 Å². The Labute approximate surface area is 185 Å². The van der Waals surface area contributed by atoms with Crippen LogP contribution in [0.15, 0.2) is 65.1 Å². The molecule has 0 saturated carbocycles. The molecule has 1 amide bonds. The number of hydrogen-bond acceptors (Lipinski definition) is 6. The Kier molecular flexibility index (Phi) is 6.26. The van der Waals surface area contributed by atoms with E-state index in [9.17, 15) is 4.79 Å². The first-order chi connectivity index (χ1) is 15.6. The van der Waals surface area contributed by atoms with Crippen molar-refractivity contribution in [3.05, 3.63) is 66.2 Å². The fourth-order valence-electron chi connectivity index (χ4n) is 3.29. The molecular formula is C25H24N2O5. The van der Waals surface area contributed by atoms with Gasteiger partial charge in [-0.3, -0.25) is 4.79 Å². The number of methoxy groups -OCH3 is 1. The molecule has 0 spiro atoms. The van der Waals surface area contributed by atoms with Gasteiger partial charge in [0.15, 0.2) is 5.58 Å². The Bertz CT molecular complexity index is 1220. The van der Waals surface area contributed by atoms with E-state index in [0.29, 0.717) is 53.0 Å². The zero-order valence-electron chi connectivity index (χ0n) is 18.2. The van der Waals surface area contributed by atoms with E-state index >= 15 is 0 Å². The zero-order valence-corrected chi connectivity index (χ0v) is 18.2. The summed E-state index contributed by atoms with van der Waals surface area (Å²) in [7, 11) is 1.61. The van der Waals surface area contributed by atoms with E-state index < -0.39 is 0 Å². The molecule has 4 rings (SSSR count).